The Hall–Kier alpha value is -2.73. The summed E-state index contributed by atoms with van der Waals surface area (Å²) >= 11 is 0. The minimum atomic E-state index is 0.206. The van der Waals surface area contributed by atoms with Crippen molar-refractivity contribution in [1.82, 2.24) is 10.2 Å². The molecule has 6 nitrogen and oxygen atoms in total. The van der Waals surface area contributed by atoms with Crippen molar-refractivity contribution < 1.29 is 14.6 Å². The number of ether oxygens (including phenoxy) is 2. The second-order valence-electron chi connectivity index (χ2n) is 7.56. The Morgan fingerprint density at radius 1 is 1.20 bits per heavy atom. The molecule has 1 heterocycles. The van der Waals surface area contributed by atoms with E-state index < -0.39 is 0 Å². The molecule has 0 amide bonds. The number of para-hydroxylation sites is 1. The Bertz CT molecular complexity index is 811. The quantitative estimate of drug-likeness (QED) is 0.489. The van der Waals surface area contributed by atoms with Gasteiger partial charge in [-0.25, -0.2) is 0 Å². The Kier molecular flexibility index (Phi) is 8.39. The summed E-state index contributed by atoms with van der Waals surface area (Å²) < 4.78 is 11.1. The standard InChI is InChI=1S/C24H33N3O3/c1-3-25-24(26-14-12-21-10-7-11-22(29-2)23(21)28)27-15-13-20(16-27)18-30-17-19-8-5-4-6-9-19/h4-11,20,28H,3,12-18H2,1-2H3,(H,25,26). The fourth-order valence-electron chi connectivity index (χ4n) is 3.72. The first-order valence-electron chi connectivity index (χ1n) is 10.7. The van der Waals surface area contributed by atoms with Gasteiger partial charge in [0.15, 0.2) is 17.5 Å². The lowest BCUT2D eigenvalue weighted by atomic mass is 10.1. The van der Waals surface area contributed by atoms with Gasteiger partial charge in [0.25, 0.3) is 0 Å². The van der Waals surface area contributed by atoms with E-state index in [0.717, 1.165) is 44.2 Å². The van der Waals surface area contributed by atoms with Gasteiger partial charge >= 0.3 is 0 Å². The molecule has 2 N–H and O–H groups in total. The number of nitrogens with zero attached hydrogens (tertiary/aromatic N) is 2. The molecule has 1 unspecified atom stereocenters. The molecule has 2 aromatic rings. The van der Waals surface area contributed by atoms with Crippen LogP contribution >= 0.6 is 0 Å². The second kappa shape index (κ2) is 11.5. The van der Waals surface area contributed by atoms with Crippen molar-refractivity contribution in [2.45, 2.75) is 26.4 Å². The third-order valence-electron chi connectivity index (χ3n) is 5.33. The summed E-state index contributed by atoms with van der Waals surface area (Å²) in [6.07, 6.45) is 1.77. The van der Waals surface area contributed by atoms with Gasteiger partial charge in [0.05, 0.1) is 20.3 Å². The second-order valence-corrected chi connectivity index (χ2v) is 7.56. The number of hydrogen-bond acceptors (Lipinski definition) is 4. The third-order valence-corrected chi connectivity index (χ3v) is 5.33. The number of phenols is 1. The number of phenolic OH excluding ortho intramolecular Hbond substituents is 1. The Morgan fingerprint density at radius 3 is 2.80 bits per heavy atom. The zero-order valence-corrected chi connectivity index (χ0v) is 18.0. The van der Waals surface area contributed by atoms with Crippen LogP contribution in [-0.2, 0) is 17.8 Å². The largest absolute Gasteiger partial charge is 0.504 e. The van der Waals surface area contributed by atoms with Crippen molar-refractivity contribution in [2.24, 2.45) is 10.9 Å². The van der Waals surface area contributed by atoms with Gasteiger partial charge in [-0.2, -0.15) is 0 Å². The molecule has 30 heavy (non-hydrogen) atoms. The molecular weight excluding hydrogens is 378 g/mol. The lowest BCUT2D eigenvalue weighted by Crippen LogP contribution is -2.40. The molecule has 1 atom stereocenters. The minimum Gasteiger partial charge on any atom is -0.504 e. The van der Waals surface area contributed by atoms with E-state index in [0.29, 0.717) is 31.2 Å². The molecule has 0 aromatic heterocycles. The molecule has 162 valence electrons. The molecular formula is C24H33N3O3. The number of hydrogen-bond donors (Lipinski definition) is 2. The highest BCUT2D eigenvalue weighted by molar-refractivity contribution is 5.80. The predicted octanol–water partition coefficient (Wildman–Crippen LogP) is 3.45. The molecule has 0 saturated carbocycles. The van der Waals surface area contributed by atoms with E-state index in [1.165, 1.54) is 5.56 Å². The smallest absolute Gasteiger partial charge is 0.193 e. The molecule has 1 fully saturated rings. The van der Waals surface area contributed by atoms with Gasteiger partial charge < -0.3 is 24.8 Å². The summed E-state index contributed by atoms with van der Waals surface area (Å²) in [4.78, 5) is 7.10. The van der Waals surface area contributed by atoms with Gasteiger partial charge in [-0.3, -0.25) is 4.99 Å². The van der Waals surface area contributed by atoms with Crippen LogP contribution in [0.5, 0.6) is 11.5 Å². The van der Waals surface area contributed by atoms with Gasteiger partial charge in [-0.05, 0) is 37.0 Å². The summed E-state index contributed by atoms with van der Waals surface area (Å²) in [5, 5.41) is 13.7. The highest BCUT2D eigenvalue weighted by atomic mass is 16.5. The number of methoxy groups -OCH3 is 1. The summed E-state index contributed by atoms with van der Waals surface area (Å²) in [5.74, 6) is 2.16. The van der Waals surface area contributed by atoms with E-state index in [9.17, 15) is 5.11 Å². The van der Waals surface area contributed by atoms with E-state index in [1.807, 2.05) is 30.3 Å². The Labute approximate surface area is 179 Å². The number of likely N-dealkylation sites (tertiary alicyclic amines) is 1. The lowest BCUT2D eigenvalue weighted by molar-refractivity contribution is 0.0907. The van der Waals surface area contributed by atoms with Crippen LogP contribution in [0.25, 0.3) is 0 Å². The van der Waals surface area contributed by atoms with Gasteiger partial charge in [0, 0.05) is 32.1 Å². The zero-order valence-electron chi connectivity index (χ0n) is 18.0. The van der Waals surface area contributed by atoms with Crippen molar-refractivity contribution in [2.75, 3.05) is 39.9 Å². The topological polar surface area (TPSA) is 66.3 Å². The number of guanidine groups is 1. The molecule has 0 radical (unpaired) electrons. The first-order valence-corrected chi connectivity index (χ1v) is 10.7. The van der Waals surface area contributed by atoms with E-state index in [4.69, 9.17) is 14.5 Å². The van der Waals surface area contributed by atoms with Gasteiger partial charge in [0.2, 0.25) is 0 Å². The van der Waals surface area contributed by atoms with Crippen LogP contribution < -0.4 is 10.1 Å². The van der Waals surface area contributed by atoms with Crippen LogP contribution in [0.3, 0.4) is 0 Å². The van der Waals surface area contributed by atoms with Crippen molar-refractivity contribution in [3.63, 3.8) is 0 Å². The fourth-order valence-corrected chi connectivity index (χ4v) is 3.72. The van der Waals surface area contributed by atoms with E-state index >= 15 is 0 Å². The highest BCUT2D eigenvalue weighted by Crippen LogP contribution is 2.29. The predicted molar refractivity (Wildman–Crippen MR) is 120 cm³/mol. The van der Waals surface area contributed by atoms with Crippen LogP contribution in [0.1, 0.15) is 24.5 Å². The molecule has 2 aromatic carbocycles. The van der Waals surface area contributed by atoms with Crippen LogP contribution in [0.2, 0.25) is 0 Å². The normalized spacial score (nSPS) is 16.7. The molecule has 6 heteroatoms. The van der Waals surface area contributed by atoms with Crippen LogP contribution in [-0.4, -0.2) is 55.9 Å². The molecule has 1 aliphatic heterocycles. The molecule has 0 aliphatic carbocycles. The molecule has 1 saturated heterocycles. The van der Waals surface area contributed by atoms with Crippen LogP contribution in [0, 0.1) is 5.92 Å². The molecule has 0 bridgehead atoms. The average Bonchev–Trinajstić information content (AvgIpc) is 3.24. The summed E-state index contributed by atoms with van der Waals surface area (Å²) in [7, 11) is 1.56. The van der Waals surface area contributed by atoms with Gasteiger partial charge in [-0.1, -0.05) is 42.5 Å². The van der Waals surface area contributed by atoms with Crippen molar-refractivity contribution in [3.05, 3.63) is 59.7 Å². The SMILES string of the molecule is CCNC(=NCCc1cccc(OC)c1O)N1CCC(COCc2ccccc2)C1. The number of nitrogens with one attached hydrogen (secondary N) is 1. The summed E-state index contributed by atoms with van der Waals surface area (Å²) in [6, 6.07) is 15.9. The number of benzene rings is 2. The third kappa shape index (κ3) is 6.13. The average molecular weight is 412 g/mol. The molecule has 0 spiro atoms. The monoisotopic (exact) mass is 411 g/mol. The zero-order chi connectivity index (χ0) is 21.2. The van der Waals surface area contributed by atoms with E-state index in [2.05, 4.69) is 29.3 Å². The van der Waals surface area contributed by atoms with Gasteiger partial charge in [-0.15, -0.1) is 0 Å². The highest BCUT2D eigenvalue weighted by Gasteiger charge is 2.25. The summed E-state index contributed by atoms with van der Waals surface area (Å²) in [5.41, 5.74) is 2.06. The maximum Gasteiger partial charge on any atom is 0.193 e. The lowest BCUT2D eigenvalue weighted by Gasteiger charge is -2.22. The first-order chi connectivity index (χ1) is 14.7. The minimum absolute atomic E-state index is 0.206. The summed E-state index contributed by atoms with van der Waals surface area (Å²) in [6.45, 7) is 6.88. The van der Waals surface area contributed by atoms with E-state index in [1.54, 1.807) is 13.2 Å². The Morgan fingerprint density at radius 2 is 2.03 bits per heavy atom. The maximum atomic E-state index is 10.3. The van der Waals surface area contributed by atoms with Crippen molar-refractivity contribution in [3.8, 4) is 11.5 Å². The van der Waals surface area contributed by atoms with Crippen LogP contribution in [0.15, 0.2) is 53.5 Å². The number of aliphatic imine (C=N–C) groups is 1. The fraction of sp³-hybridized carbons (Fsp3) is 0.458. The van der Waals surface area contributed by atoms with Crippen molar-refractivity contribution in [1.29, 1.82) is 0 Å². The van der Waals surface area contributed by atoms with Crippen molar-refractivity contribution >= 4 is 5.96 Å². The Balaban J connectivity index is 1.49. The number of aromatic hydroxyl groups is 1. The van der Waals surface area contributed by atoms with Crippen LogP contribution in [0.4, 0.5) is 0 Å². The first kappa shape index (κ1) is 22.0. The molecule has 3 rings (SSSR count). The number of rotatable bonds is 9. The maximum absolute atomic E-state index is 10.3. The molecule has 1 aliphatic rings. The van der Waals surface area contributed by atoms with Gasteiger partial charge in [0.1, 0.15) is 0 Å². The van der Waals surface area contributed by atoms with E-state index in [-0.39, 0.29) is 5.75 Å².